The zero-order valence-corrected chi connectivity index (χ0v) is 14.8. The molecule has 1 fully saturated rings. The van der Waals surface area contributed by atoms with E-state index in [1.807, 2.05) is 11.0 Å². The lowest BCUT2D eigenvalue weighted by Gasteiger charge is -2.33. The van der Waals surface area contributed by atoms with Gasteiger partial charge in [0, 0.05) is 44.8 Å². The van der Waals surface area contributed by atoms with Crippen LogP contribution in [0.5, 0.6) is 0 Å². The van der Waals surface area contributed by atoms with Gasteiger partial charge in [-0.2, -0.15) is 8.99 Å². The third-order valence-electron chi connectivity index (χ3n) is 4.43. The lowest BCUT2D eigenvalue weighted by molar-refractivity contribution is 0.144. The quantitative estimate of drug-likeness (QED) is 0.631. The Kier molecular flexibility index (Phi) is 4.31. The first-order valence-corrected chi connectivity index (χ1v) is 9.66. The number of nitrogens with zero attached hydrogens (tertiary/aromatic N) is 6. The Hall–Kier alpha value is -2.56. The largest absolute Gasteiger partial charge is 0.351 e. The molecule has 0 saturated carbocycles. The Morgan fingerprint density at radius 3 is 2.54 bits per heavy atom. The standard InChI is InChI=1S/C16H18N6O3S/c23-16-21-7-2-1-5-15(21)18-22(16)13-19-8-10-20(11-9-19)26(24,25)14-4-3-6-17-12-14/h1-7,12H,8-11,13H2. The summed E-state index contributed by atoms with van der Waals surface area (Å²) in [4.78, 5) is 18.4. The molecule has 0 amide bonds. The molecule has 0 N–H and O–H groups in total. The Morgan fingerprint density at radius 2 is 1.85 bits per heavy atom. The number of fused-ring (bicyclic) bond motifs is 1. The molecule has 0 atom stereocenters. The van der Waals surface area contributed by atoms with Gasteiger partial charge in [-0.25, -0.2) is 13.2 Å². The average molecular weight is 374 g/mol. The molecule has 3 aromatic heterocycles. The van der Waals surface area contributed by atoms with Crippen molar-refractivity contribution in [3.8, 4) is 0 Å². The van der Waals surface area contributed by atoms with E-state index >= 15 is 0 Å². The van der Waals surface area contributed by atoms with E-state index in [2.05, 4.69) is 10.1 Å². The molecule has 0 aliphatic carbocycles. The lowest BCUT2D eigenvalue weighted by atomic mass is 10.4. The van der Waals surface area contributed by atoms with E-state index in [0.29, 0.717) is 38.5 Å². The van der Waals surface area contributed by atoms with Gasteiger partial charge in [-0.1, -0.05) is 6.07 Å². The second kappa shape index (κ2) is 6.63. The van der Waals surface area contributed by atoms with Crippen LogP contribution in [0.15, 0.2) is 58.6 Å². The van der Waals surface area contributed by atoms with Gasteiger partial charge >= 0.3 is 5.69 Å². The molecule has 0 bridgehead atoms. The van der Waals surface area contributed by atoms with Crippen LogP contribution in [0.3, 0.4) is 0 Å². The molecule has 9 nitrogen and oxygen atoms in total. The third-order valence-corrected chi connectivity index (χ3v) is 6.31. The summed E-state index contributed by atoms with van der Waals surface area (Å²) in [5.74, 6) is 0. The van der Waals surface area contributed by atoms with Crippen LogP contribution in [0, 0.1) is 0 Å². The van der Waals surface area contributed by atoms with Gasteiger partial charge in [0.25, 0.3) is 0 Å². The first-order chi connectivity index (χ1) is 12.6. The van der Waals surface area contributed by atoms with E-state index in [1.54, 1.807) is 36.7 Å². The van der Waals surface area contributed by atoms with Crippen molar-refractivity contribution in [3.63, 3.8) is 0 Å². The molecule has 0 aromatic carbocycles. The maximum atomic E-state index is 12.6. The highest BCUT2D eigenvalue weighted by Gasteiger charge is 2.28. The van der Waals surface area contributed by atoms with E-state index in [0.717, 1.165) is 0 Å². The topological polar surface area (TPSA) is 92.8 Å². The lowest BCUT2D eigenvalue weighted by Crippen LogP contribution is -2.49. The van der Waals surface area contributed by atoms with Crippen LogP contribution >= 0.6 is 0 Å². The first-order valence-electron chi connectivity index (χ1n) is 8.22. The molecule has 3 aromatic rings. The van der Waals surface area contributed by atoms with E-state index in [-0.39, 0.29) is 10.6 Å². The van der Waals surface area contributed by atoms with Gasteiger partial charge in [-0.05, 0) is 24.3 Å². The Balaban J connectivity index is 1.45. The number of hydrogen-bond acceptors (Lipinski definition) is 6. The molecule has 0 spiro atoms. The number of hydrogen-bond donors (Lipinski definition) is 0. The van der Waals surface area contributed by atoms with Gasteiger partial charge in [0.05, 0.1) is 6.67 Å². The van der Waals surface area contributed by atoms with E-state index in [4.69, 9.17) is 0 Å². The molecule has 0 radical (unpaired) electrons. The van der Waals surface area contributed by atoms with E-state index in [9.17, 15) is 13.2 Å². The summed E-state index contributed by atoms with van der Waals surface area (Å²) < 4.78 is 29.6. The average Bonchev–Trinajstić information content (AvgIpc) is 2.99. The van der Waals surface area contributed by atoms with Crippen LogP contribution in [0.25, 0.3) is 5.65 Å². The molecule has 4 heterocycles. The van der Waals surface area contributed by atoms with Crippen molar-refractivity contribution in [1.29, 1.82) is 0 Å². The van der Waals surface area contributed by atoms with Crippen LogP contribution in [0.1, 0.15) is 0 Å². The summed E-state index contributed by atoms with van der Waals surface area (Å²) in [5.41, 5.74) is 0.390. The van der Waals surface area contributed by atoms with Crippen molar-refractivity contribution >= 4 is 15.7 Å². The van der Waals surface area contributed by atoms with Gasteiger partial charge in [-0.15, -0.1) is 5.10 Å². The highest BCUT2D eigenvalue weighted by Crippen LogP contribution is 2.16. The number of aromatic nitrogens is 4. The molecule has 10 heteroatoms. The summed E-state index contributed by atoms with van der Waals surface area (Å²) >= 11 is 0. The molecule has 1 saturated heterocycles. The van der Waals surface area contributed by atoms with Crippen LogP contribution < -0.4 is 5.69 Å². The highest BCUT2D eigenvalue weighted by atomic mass is 32.2. The van der Waals surface area contributed by atoms with E-state index < -0.39 is 10.0 Å². The maximum Gasteiger partial charge on any atom is 0.351 e. The molecule has 1 aliphatic rings. The van der Waals surface area contributed by atoms with Crippen molar-refractivity contribution in [1.82, 2.24) is 28.4 Å². The molecular weight excluding hydrogens is 356 g/mol. The molecule has 26 heavy (non-hydrogen) atoms. The zero-order valence-electron chi connectivity index (χ0n) is 14.0. The van der Waals surface area contributed by atoms with Crippen molar-refractivity contribution < 1.29 is 8.42 Å². The van der Waals surface area contributed by atoms with Gasteiger partial charge in [0.1, 0.15) is 4.90 Å². The summed E-state index contributed by atoms with van der Waals surface area (Å²) in [6, 6.07) is 8.54. The fourth-order valence-corrected chi connectivity index (χ4v) is 4.40. The molecule has 4 rings (SSSR count). The second-order valence-electron chi connectivity index (χ2n) is 6.06. The molecular formula is C16H18N6O3S. The predicted molar refractivity (Wildman–Crippen MR) is 94.0 cm³/mol. The van der Waals surface area contributed by atoms with Gasteiger partial charge in [-0.3, -0.25) is 14.3 Å². The Morgan fingerprint density at radius 1 is 1.04 bits per heavy atom. The fraction of sp³-hybridized carbons (Fsp3) is 0.312. The number of rotatable bonds is 4. The number of sulfonamides is 1. The normalized spacial score (nSPS) is 16.9. The Labute approximate surface area is 150 Å². The monoisotopic (exact) mass is 374 g/mol. The summed E-state index contributed by atoms with van der Waals surface area (Å²) in [6.45, 7) is 2.11. The van der Waals surface area contributed by atoms with E-state index in [1.165, 1.54) is 19.6 Å². The van der Waals surface area contributed by atoms with Crippen molar-refractivity contribution in [2.75, 3.05) is 26.2 Å². The second-order valence-corrected chi connectivity index (χ2v) is 8.00. The van der Waals surface area contributed by atoms with Gasteiger partial charge in [0.15, 0.2) is 5.65 Å². The minimum atomic E-state index is -3.53. The van der Waals surface area contributed by atoms with Crippen LogP contribution in [0.4, 0.5) is 0 Å². The van der Waals surface area contributed by atoms with Crippen LogP contribution in [-0.2, 0) is 16.7 Å². The van der Waals surface area contributed by atoms with Crippen LogP contribution in [0.2, 0.25) is 0 Å². The molecule has 1 aliphatic heterocycles. The zero-order chi connectivity index (χ0) is 18.1. The highest BCUT2D eigenvalue weighted by molar-refractivity contribution is 7.89. The molecule has 136 valence electrons. The van der Waals surface area contributed by atoms with Crippen molar-refractivity contribution in [2.45, 2.75) is 11.6 Å². The summed E-state index contributed by atoms with van der Waals surface area (Å²) in [5, 5.41) is 4.31. The van der Waals surface area contributed by atoms with Crippen molar-refractivity contribution in [3.05, 3.63) is 59.4 Å². The first kappa shape index (κ1) is 16.9. The minimum absolute atomic E-state index is 0.199. The number of pyridine rings is 2. The predicted octanol–water partition coefficient (Wildman–Crippen LogP) is -0.145. The third kappa shape index (κ3) is 3.02. The number of piperazine rings is 1. The minimum Gasteiger partial charge on any atom is -0.282 e. The van der Waals surface area contributed by atoms with Gasteiger partial charge in [0.2, 0.25) is 10.0 Å². The van der Waals surface area contributed by atoms with Crippen LogP contribution in [-0.4, -0.2) is 63.0 Å². The van der Waals surface area contributed by atoms with Crippen molar-refractivity contribution in [2.24, 2.45) is 0 Å². The fourth-order valence-electron chi connectivity index (χ4n) is 3.01. The summed E-state index contributed by atoms with van der Waals surface area (Å²) in [6.07, 6.45) is 4.58. The molecule has 0 unspecified atom stereocenters. The maximum absolute atomic E-state index is 12.6. The Bertz CT molecular complexity index is 1070. The summed E-state index contributed by atoms with van der Waals surface area (Å²) in [7, 11) is -3.53. The van der Waals surface area contributed by atoms with Gasteiger partial charge < -0.3 is 0 Å². The SMILES string of the molecule is O=c1n(CN2CCN(S(=O)(=O)c3cccnc3)CC2)nc2ccccn12. The smallest absolute Gasteiger partial charge is 0.282 e.